The predicted octanol–water partition coefficient (Wildman–Crippen LogP) is 2.45. The van der Waals surface area contributed by atoms with E-state index in [1.165, 1.54) is 11.3 Å². The molecule has 1 fully saturated rings. The highest BCUT2D eigenvalue weighted by Gasteiger charge is 2.38. The number of aryl methyl sites for hydroxylation is 1. The lowest BCUT2D eigenvalue weighted by Crippen LogP contribution is -2.62. The maximum atomic E-state index is 12.4. The van der Waals surface area contributed by atoms with Crippen LogP contribution in [0.15, 0.2) is 24.3 Å². The molecular weight excluding hydrogens is 276 g/mol. The number of hydrogen-bond acceptors (Lipinski definition) is 3. The van der Waals surface area contributed by atoms with Gasteiger partial charge in [-0.15, -0.1) is 0 Å². The Morgan fingerprint density at radius 1 is 1.18 bits per heavy atom. The van der Waals surface area contributed by atoms with E-state index < -0.39 is 5.60 Å². The van der Waals surface area contributed by atoms with Crippen molar-refractivity contribution in [2.45, 2.75) is 58.7 Å². The molecule has 22 heavy (non-hydrogen) atoms. The van der Waals surface area contributed by atoms with E-state index in [-0.39, 0.29) is 18.0 Å². The zero-order chi connectivity index (χ0) is 16.5. The Kier molecular flexibility index (Phi) is 4.81. The van der Waals surface area contributed by atoms with Crippen molar-refractivity contribution in [3.63, 3.8) is 0 Å². The summed E-state index contributed by atoms with van der Waals surface area (Å²) in [6.07, 6.45) is 1.04. The number of piperazine rings is 1. The Hall–Kier alpha value is -1.55. The second-order valence-corrected chi connectivity index (χ2v) is 6.89. The Morgan fingerprint density at radius 3 is 2.09 bits per heavy atom. The molecule has 0 aromatic heterocycles. The van der Waals surface area contributed by atoms with Gasteiger partial charge in [-0.3, -0.25) is 4.79 Å². The van der Waals surface area contributed by atoms with Crippen molar-refractivity contribution in [2.75, 3.05) is 18.0 Å². The molecule has 2 rings (SSSR count). The molecule has 1 heterocycles. The van der Waals surface area contributed by atoms with E-state index in [2.05, 4.69) is 36.1 Å². The second kappa shape index (κ2) is 6.29. The zero-order valence-corrected chi connectivity index (χ0v) is 14.3. The first-order chi connectivity index (χ1) is 10.2. The van der Waals surface area contributed by atoms with Gasteiger partial charge in [0.25, 0.3) is 5.91 Å². The number of rotatable bonds is 3. The Bertz CT molecular complexity index is 507. The molecular formula is C18H28N2O2. The number of aliphatic hydroxyl groups is 1. The predicted molar refractivity (Wildman–Crippen MR) is 90.1 cm³/mol. The molecule has 0 bridgehead atoms. The number of anilines is 1. The molecule has 1 aliphatic heterocycles. The van der Waals surface area contributed by atoms with Gasteiger partial charge in [0, 0.05) is 30.9 Å². The molecule has 1 aromatic carbocycles. The summed E-state index contributed by atoms with van der Waals surface area (Å²) in [4.78, 5) is 16.6. The fourth-order valence-electron chi connectivity index (χ4n) is 3.19. The molecule has 4 nitrogen and oxygen atoms in total. The van der Waals surface area contributed by atoms with E-state index in [0.717, 1.165) is 19.5 Å². The summed E-state index contributed by atoms with van der Waals surface area (Å²) in [7, 11) is 0. The molecule has 1 aromatic rings. The fraction of sp³-hybridized carbons (Fsp3) is 0.611. The lowest BCUT2D eigenvalue weighted by Gasteiger charge is -2.47. The van der Waals surface area contributed by atoms with Gasteiger partial charge in [0.1, 0.15) is 5.60 Å². The third-order valence-corrected chi connectivity index (χ3v) is 4.39. The van der Waals surface area contributed by atoms with Crippen molar-refractivity contribution >= 4 is 11.6 Å². The van der Waals surface area contributed by atoms with Gasteiger partial charge in [0.05, 0.1) is 0 Å². The summed E-state index contributed by atoms with van der Waals surface area (Å²) in [5, 5.41) is 10.0. The van der Waals surface area contributed by atoms with Crippen molar-refractivity contribution in [1.82, 2.24) is 4.90 Å². The largest absolute Gasteiger partial charge is 0.381 e. The minimum atomic E-state index is -1.31. The maximum Gasteiger partial charge on any atom is 0.254 e. The van der Waals surface area contributed by atoms with Gasteiger partial charge in [-0.1, -0.05) is 19.1 Å². The summed E-state index contributed by atoms with van der Waals surface area (Å²) >= 11 is 0. The summed E-state index contributed by atoms with van der Waals surface area (Å²) in [6.45, 7) is 10.9. The SMILES string of the molecule is CCc1ccc(N2C[C@@H](C)N(C(=O)C(C)(C)O)[C@@H](C)C2)cc1. The highest BCUT2D eigenvalue weighted by atomic mass is 16.3. The topological polar surface area (TPSA) is 43.8 Å². The molecule has 0 radical (unpaired) electrons. The van der Waals surface area contributed by atoms with E-state index in [1.807, 2.05) is 18.7 Å². The summed E-state index contributed by atoms with van der Waals surface area (Å²) in [5.74, 6) is -0.187. The number of carbonyl (C=O) groups is 1. The zero-order valence-electron chi connectivity index (χ0n) is 14.3. The van der Waals surface area contributed by atoms with Crippen LogP contribution in [0.3, 0.4) is 0 Å². The average molecular weight is 304 g/mol. The number of nitrogens with zero attached hydrogens (tertiary/aromatic N) is 2. The van der Waals surface area contributed by atoms with E-state index in [4.69, 9.17) is 0 Å². The fourth-order valence-corrected chi connectivity index (χ4v) is 3.19. The lowest BCUT2D eigenvalue weighted by molar-refractivity contribution is -0.153. The molecule has 0 unspecified atom stereocenters. The highest BCUT2D eigenvalue weighted by molar-refractivity contribution is 5.85. The van der Waals surface area contributed by atoms with Gasteiger partial charge in [0.15, 0.2) is 0 Å². The molecule has 1 amide bonds. The molecule has 2 atom stereocenters. The Labute approximate surface area is 133 Å². The molecule has 0 aliphatic carbocycles. The van der Waals surface area contributed by atoms with Crippen LogP contribution < -0.4 is 4.90 Å². The first-order valence-corrected chi connectivity index (χ1v) is 8.13. The van der Waals surface area contributed by atoms with Gasteiger partial charge in [-0.05, 0) is 51.8 Å². The minimum Gasteiger partial charge on any atom is -0.381 e. The molecule has 1 N–H and O–H groups in total. The first kappa shape index (κ1) is 16.8. The molecule has 122 valence electrons. The van der Waals surface area contributed by atoms with Gasteiger partial charge >= 0.3 is 0 Å². The summed E-state index contributed by atoms with van der Waals surface area (Å²) in [6, 6.07) is 8.80. The maximum absolute atomic E-state index is 12.4. The molecule has 0 saturated carbocycles. The first-order valence-electron chi connectivity index (χ1n) is 8.13. The van der Waals surface area contributed by atoms with Gasteiger partial charge in [0.2, 0.25) is 0 Å². The van der Waals surface area contributed by atoms with Crippen molar-refractivity contribution in [3.8, 4) is 0 Å². The molecule has 1 saturated heterocycles. The number of carbonyl (C=O) groups excluding carboxylic acids is 1. The standard InChI is InChI=1S/C18H28N2O2/c1-6-15-7-9-16(10-8-15)19-11-13(2)20(14(3)12-19)17(21)18(4,5)22/h7-10,13-14,22H,6,11-12H2,1-5H3/t13-,14+. The van der Waals surface area contributed by atoms with Crippen LogP contribution in [0.4, 0.5) is 5.69 Å². The quantitative estimate of drug-likeness (QED) is 0.933. The molecule has 4 heteroatoms. The van der Waals surface area contributed by atoms with E-state index >= 15 is 0 Å². The van der Waals surface area contributed by atoms with Crippen LogP contribution in [0.2, 0.25) is 0 Å². The minimum absolute atomic E-state index is 0.0773. The van der Waals surface area contributed by atoms with Crippen molar-refractivity contribution in [2.24, 2.45) is 0 Å². The van der Waals surface area contributed by atoms with Crippen LogP contribution in [0.5, 0.6) is 0 Å². The number of hydrogen-bond donors (Lipinski definition) is 1. The summed E-state index contributed by atoms with van der Waals surface area (Å²) in [5.41, 5.74) is 1.22. The number of benzene rings is 1. The Balaban J connectivity index is 2.14. The van der Waals surface area contributed by atoms with Gasteiger partial charge in [-0.25, -0.2) is 0 Å². The molecule has 1 aliphatic rings. The second-order valence-electron chi connectivity index (χ2n) is 6.89. The van der Waals surface area contributed by atoms with Crippen molar-refractivity contribution in [1.29, 1.82) is 0 Å². The van der Waals surface area contributed by atoms with E-state index in [9.17, 15) is 9.90 Å². The monoisotopic (exact) mass is 304 g/mol. The number of amides is 1. The van der Waals surface area contributed by atoms with Crippen LogP contribution in [0.1, 0.15) is 40.2 Å². The normalized spacial score (nSPS) is 22.8. The third-order valence-electron chi connectivity index (χ3n) is 4.39. The smallest absolute Gasteiger partial charge is 0.254 e. The van der Waals surface area contributed by atoms with Crippen molar-refractivity contribution < 1.29 is 9.90 Å². The van der Waals surface area contributed by atoms with Crippen LogP contribution in [0, 0.1) is 0 Å². The van der Waals surface area contributed by atoms with Crippen LogP contribution in [-0.4, -0.2) is 46.7 Å². The average Bonchev–Trinajstić information content (AvgIpc) is 2.45. The highest BCUT2D eigenvalue weighted by Crippen LogP contribution is 2.25. The van der Waals surface area contributed by atoms with Crippen LogP contribution >= 0.6 is 0 Å². The Morgan fingerprint density at radius 2 is 1.68 bits per heavy atom. The third kappa shape index (κ3) is 3.43. The van der Waals surface area contributed by atoms with Crippen LogP contribution in [0.25, 0.3) is 0 Å². The molecule has 0 spiro atoms. The summed E-state index contributed by atoms with van der Waals surface area (Å²) < 4.78 is 0. The van der Waals surface area contributed by atoms with Gasteiger partial charge < -0.3 is 14.9 Å². The van der Waals surface area contributed by atoms with E-state index in [1.54, 1.807) is 13.8 Å². The van der Waals surface area contributed by atoms with Crippen molar-refractivity contribution in [3.05, 3.63) is 29.8 Å². The van der Waals surface area contributed by atoms with Crippen LogP contribution in [-0.2, 0) is 11.2 Å². The van der Waals surface area contributed by atoms with Gasteiger partial charge in [-0.2, -0.15) is 0 Å². The lowest BCUT2D eigenvalue weighted by atomic mass is 10.0. The van der Waals surface area contributed by atoms with E-state index in [0.29, 0.717) is 0 Å².